The summed E-state index contributed by atoms with van der Waals surface area (Å²) in [4.78, 5) is 66.6. The molecule has 2 atom stereocenters. The van der Waals surface area contributed by atoms with Crippen molar-refractivity contribution < 1.29 is 42.9 Å². The number of carbonyl (C=O) groups is 5. The van der Waals surface area contributed by atoms with Crippen molar-refractivity contribution in [2.24, 2.45) is 5.41 Å². The highest BCUT2D eigenvalue weighted by atomic mass is 16.6. The van der Waals surface area contributed by atoms with Gasteiger partial charge in [-0.3, -0.25) is 19.7 Å². The quantitative estimate of drug-likeness (QED) is 0.128. The van der Waals surface area contributed by atoms with Crippen LogP contribution in [-0.4, -0.2) is 73.5 Å². The zero-order chi connectivity index (χ0) is 36.4. The van der Waals surface area contributed by atoms with Gasteiger partial charge in [-0.2, -0.15) is 0 Å². The van der Waals surface area contributed by atoms with Crippen molar-refractivity contribution >= 4 is 35.2 Å². The number of likely N-dealkylation sites (tertiary alicyclic amines) is 1. The van der Waals surface area contributed by atoms with Gasteiger partial charge < -0.3 is 23.8 Å². The Morgan fingerprint density at radius 3 is 2.35 bits per heavy atom. The van der Waals surface area contributed by atoms with Crippen LogP contribution in [0.2, 0.25) is 0 Å². The van der Waals surface area contributed by atoms with Gasteiger partial charge in [0.05, 0.1) is 25.7 Å². The summed E-state index contributed by atoms with van der Waals surface area (Å²) in [6.07, 6.45) is 3.51. The largest absolute Gasteiger partial charge is 0.493 e. The second kappa shape index (κ2) is 17.1. The number of methoxy groups -OCH3 is 2. The number of nitrogens with zero attached hydrogens (tertiary/aromatic N) is 1. The maximum atomic E-state index is 14.1. The van der Waals surface area contributed by atoms with Gasteiger partial charge in [0.2, 0.25) is 5.78 Å². The van der Waals surface area contributed by atoms with Crippen molar-refractivity contribution in [3.05, 3.63) is 66.2 Å². The van der Waals surface area contributed by atoms with Gasteiger partial charge in [-0.15, -0.1) is 0 Å². The Kier molecular flexibility index (Phi) is 13.6. The number of amides is 2. The average molecular weight is 679 g/mol. The van der Waals surface area contributed by atoms with Crippen LogP contribution in [0.15, 0.2) is 55.1 Å². The number of esters is 1. The molecule has 1 N–H and O–H groups in total. The third kappa shape index (κ3) is 11.2. The van der Waals surface area contributed by atoms with Gasteiger partial charge in [0.25, 0.3) is 5.91 Å². The molecule has 2 amide bonds. The summed E-state index contributed by atoms with van der Waals surface area (Å²) >= 11 is 0. The summed E-state index contributed by atoms with van der Waals surface area (Å²) in [5.41, 5.74) is 0.376. The monoisotopic (exact) mass is 678 g/mol. The molecule has 3 rings (SSSR count). The van der Waals surface area contributed by atoms with Gasteiger partial charge in [0.1, 0.15) is 12.2 Å². The second-order valence-electron chi connectivity index (χ2n) is 13.9. The lowest BCUT2D eigenvalue weighted by Gasteiger charge is -2.36. The Morgan fingerprint density at radius 2 is 1.69 bits per heavy atom. The van der Waals surface area contributed by atoms with Crippen LogP contribution in [0.1, 0.15) is 83.8 Å². The zero-order valence-corrected chi connectivity index (χ0v) is 29.8. The van der Waals surface area contributed by atoms with Gasteiger partial charge >= 0.3 is 12.1 Å². The average Bonchev–Trinajstić information content (AvgIpc) is 3.07. The summed E-state index contributed by atoms with van der Waals surface area (Å²) in [5.74, 6) is -1.41. The van der Waals surface area contributed by atoms with E-state index < -0.39 is 40.8 Å². The van der Waals surface area contributed by atoms with Crippen LogP contribution in [0.4, 0.5) is 10.5 Å². The summed E-state index contributed by atoms with van der Waals surface area (Å²) in [7, 11) is 3.14. The number of carbonyl (C=O) groups excluding carboxylic acids is 5. The highest BCUT2D eigenvalue weighted by Gasteiger charge is 2.41. The Bertz CT molecular complexity index is 1530. The first-order valence-electron chi connectivity index (χ1n) is 16.6. The molecule has 11 nitrogen and oxygen atoms in total. The summed E-state index contributed by atoms with van der Waals surface area (Å²) < 4.78 is 21.4. The van der Waals surface area contributed by atoms with E-state index in [2.05, 4.69) is 11.9 Å². The zero-order valence-electron chi connectivity index (χ0n) is 29.8. The van der Waals surface area contributed by atoms with E-state index in [0.717, 1.165) is 23.6 Å². The fourth-order valence-corrected chi connectivity index (χ4v) is 5.74. The SMILES string of the molecule is C=CC(=O)OCC(C)(C)C(=O)C(=O)N1CCCC[C@H]1C(=O)C[C@H](CCc1ccc(OC)c(OC)c1)c1cccc(NC(=O)OC(C)(C)C)c1. The van der Waals surface area contributed by atoms with Gasteiger partial charge in [0, 0.05) is 24.7 Å². The van der Waals surface area contributed by atoms with Crippen molar-refractivity contribution in [1.82, 2.24) is 4.90 Å². The Balaban J connectivity index is 1.88. The van der Waals surface area contributed by atoms with Crippen LogP contribution < -0.4 is 14.8 Å². The number of aryl methyl sites for hydroxylation is 1. The molecule has 49 heavy (non-hydrogen) atoms. The number of hydrogen-bond acceptors (Lipinski definition) is 9. The molecule has 0 aliphatic carbocycles. The molecule has 0 radical (unpaired) electrons. The van der Waals surface area contributed by atoms with Crippen molar-refractivity contribution in [1.29, 1.82) is 0 Å². The van der Waals surface area contributed by atoms with Gasteiger partial charge in [0.15, 0.2) is 17.3 Å². The molecule has 0 spiro atoms. The molecular weight excluding hydrogens is 628 g/mol. The van der Waals surface area contributed by atoms with Crippen LogP contribution in [0.25, 0.3) is 0 Å². The van der Waals surface area contributed by atoms with Crippen molar-refractivity contribution in [2.45, 2.75) is 90.7 Å². The van der Waals surface area contributed by atoms with Crippen LogP contribution in [0, 0.1) is 5.41 Å². The summed E-state index contributed by atoms with van der Waals surface area (Å²) in [5, 5.41) is 2.78. The molecule has 1 heterocycles. The minimum Gasteiger partial charge on any atom is -0.493 e. The first-order valence-corrected chi connectivity index (χ1v) is 16.6. The van der Waals surface area contributed by atoms with E-state index in [4.69, 9.17) is 18.9 Å². The predicted molar refractivity (Wildman–Crippen MR) is 186 cm³/mol. The van der Waals surface area contributed by atoms with E-state index >= 15 is 0 Å². The normalized spacial score (nSPS) is 15.4. The standard InChI is InChI=1S/C38H50N2O9/c1-9-33(42)48-24-38(5,6)34(43)35(44)40-20-11-10-15-29(40)30(41)23-27(18-16-25-17-19-31(46-7)32(21-25)47-8)26-13-12-14-28(22-26)39-36(45)49-37(2,3)4/h9,12-14,17,19,21-22,27,29H,1,10-11,15-16,18,20,23-24H2,2-8H3,(H,39,45)/t27-,29-/m0/s1. The first-order chi connectivity index (χ1) is 23.1. The van der Waals surface area contributed by atoms with Gasteiger partial charge in [-0.05, 0) is 108 Å². The number of piperidine rings is 1. The second-order valence-corrected chi connectivity index (χ2v) is 13.9. The molecule has 0 unspecified atom stereocenters. The lowest BCUT2D eigenvalue weighted by atomic mass is 9.83. The maximum absolute atomic E-state index is 14.1. The van der Waals surface area contributed by atoms with Crippen LogP contribution in [-0.2, 0) is 35.1 Å². The lowest BCUT2D eigenvalue weighted by Crippen LogP contribution is -2.53. The third-order valence-corrected chi connectivity index (χ3v) is 8.37. The van der Waals surface area contributed by atoms with Crippen molar-refractivity contribution in [3.63, 3.8) is 0 Å². The van der Waals surface area contributed by atoms with Crippen LogP contribution in [0.5, 0.6) is 11.5 Å². The van der Waals surface area contributed by atoms with Crippen LogP contribution >= 0.6 is 0 Å². The van der Waals surface area contributed by atoms with Crippen LogP contribution in [0.3, 0.4) is 0 Å². The molecule has 2 aromatic rings. The smallest absolute Gasteiger partial charge is 0.412 e. The predicted octanol–water partition coefficient (Wildman–Crippen LogP) is 6.43. The van der Waals surface area contributed by atoms with Crippen molar-refractivity contribution in [2.75, 3.05) is 32.7 Å². The molecule has 0 bridgehead atoms. The van der Waals surface area contributed by atoms with E-state index in [9.17, 15) is 24.0 Å². The molecule has 2 aromatic carbocycles. The number of anilines is 1. The van der Waals surface area contributed by atoms with Gasteiger partial charge in [-0.1, -0.05) is 24.8 Å². The summed E-state index contributed by atoms with van der Waals surface area (Å²) in [6, 6.07) is 12.2. The minimum absolute atomic E-state index is 0.103. The summed E-state index contributed by atoms with van der Waals surface area (Å²) in [6.45, 7) is 11.8. The molecular formula is C38H50N2O9. The third-order valence-electron chi connectivity index (χ3n) is 8.37. The minimum atomic E-state index is -1.29. The molecule has 1 aliphatic rings. The van der Waals surface area contributed by atoms with Gasteiger partial charge in [-0.25, -0.2) is 9.59 Å². The topological polar surface area (TPSA) is 138 Å². The number of ether oxygens (including phenoxy) is 4. The molecule has 0 saturated carbocycles. The Labute approximate surface area is 289 Å². The van der Waals surface area contributed by atoms with E-state index in [1.165, 1.54) is 18.7 Å². The number of benzene rings is 2. The van der Waals surface area contributed by atoms with E-state index in [1.807, 2.05) is 36.4 Å². The van der Waals surface area contributed by atoms with E-state index in [-0.39, 0.29) is 31.3 Å². The first kappa shape index (κ1) is 38.8. The lowest BCUT2D eigenvalue weighted by molar-refractivity contribution is -0.156. The molecule has 11 heteroatoms. The van der Waals surface area contributed by atoms with Crippen molar-refractivity contribution in [3.8, 4) is 11.5 Å². The molecule has 0 aromatic heterocycles. The fraction of sp³-hybridized carbons (Fsp3) is 0.500. The van der Waals surface area contributed by atoms with E-state index in [0.29, 0.717) is 42.9 Å². The Morgan fingerprint density at radius 1 is 0.980 bits per heavy atom. The number of ketones is 2. The molecule has 1 aliphatic heterocycles. The number of rotatable bonds is 15. The number of Topliss-reactive ketones (excluding diaryl/α,β-unsaturated/α-hetero) is 2. The fourth-order valence-electron chi connectivity index (χ4n) is 5.74. The number of hydrogen-bond donors (Lipinski definition) is 1. The maximum Gasteiger partial charge on any atom is 0.412 e. The molecule has 1 saturated heterocycles. The highest BCUT2D eigenvalue weighted by molar-refractivity contribution is 6.38. The molecule has 266 valence electrons. The highest BCUT2D eigenvalue weighted by Crippen LogP contribution is 2.33. The number of nitrogens with one attached hydrogen (secondary N) is 1. The Hall–Kier alpha value is -4.67. The van der Waals surface area contributed by atoms with E-state index in [1.54, 1.807) is 41.1 Å². The molecule has 1 fully saturated rings.